The van der Waals surface area contributed by atoms with E-state index >= 15 is 0 Å². The van der Waals surface area contributed by atoms with E-state index in [1.807, 2.05) is 16.8 Å². The number of thiocarbonyl (C=S) groups is 1. The van der Waals surface area contributed by atoms with Crippen molar-refractivity contribution >= 4 is 63.8 Å². The molecule has 1 aliphatic rings. The number of hydrogen-bond acceptors (Lipinski definition) is 4. The van der Waals surface area contributed by atoms with Crippen molar-refractivity contribution in [3.8, 4) is 0 Å². The molecule has 1 N–H and O–H groups in total. The van der Waals surface area contributed by atoms with Crippen LogP contribution in [0.3, 0.4) is 0 Å². The number of anilines is 1. The molecule has 0 spiro atoms. The van der Waals surface area contributed by atoms with Gasteiger partial charge in [0, 0.05) is 0 Å². The molecule has 7 heteroatoms. The van der Waals surface area contributed by atoms with Gasteiger partial charge in [0.25, 0.3) is 11.8 Å². The van der Waals surface area contributed by atoms with Crippen LogP contribution in [-0.2, 0) is 9.59 Å². The summed E-state index contributed by atoms with van der Waals surface area (Å²) in [6.07, 6.45) is 1.54. The molecule has 2 amide bonds. The maximum Gasteiger partial charge on any atom is 0.270 e. The molecule has 1 aromatic heterocycles. The fourth-order valence-electron chi connectivity index (χ4n) is 2.03. The number of benzene rings is 1. The van der Waals surface area contributed by atoms with Crippen molar-refractivity contribution in [2.24, 2.45) is 0 Å². The lowest BCUT2D eigenvalue weighted by Crippen LogP contribution is -2.54. The second-order valence-electron chi connectivity index (χ2n) is 4.47. The molecule has 4 nitrogen and oxygen atoms in total. The first-order valence-corrected chi connectivity index (χ1v) is 7.99. The van der Waals surface area contributed by atoms with Crippen molar-refractivity contribution in [3.63, 3.8) is 0 Å². The Balaban J connectivity index is 2.05. The Bertz CT molecular complexity index is 800. The Hall–Kier alpha value is -2.02. The van der Waals surface area contributed by atoms with E-state index in [0.29, 0.717) is 10.7 Å². The van der Waals surface area contributed by atoms with E-state index in [1.54, 1.807) is 30.3 Å². The van der Waals surface area contributed by atoms with Gasteiger partial charge < -0.3 is 0 Å². The van der Waals surface area contributed by atoms with Crippen LogP contribution in [-0.4, -0.2) is 16.9 Å². The zero-order valence-electron chi connectivity index (χ0n) is 11.1. The van der Waals surface area contributed by atoms with Crippen LogP contribution < -0.4 is 10.2 Å². The molecule has 1 aliphatic heterocycles. The SMILES string of the molecule is O=C1NC(=S)N(c2ccccc2Cl)C(=O)/C1=C/c1ccsc1. The lowest BCUT2D eigenvalue weighted by molar-refractivity contribution is -0.122. The molecule has 22 heavy (non-hydrogen) atoms. The number of nitrogens with zero attached hydrogens (tertiary/aromatic N) is 1. The van der Waals surface area contributed by atoms with Gasteiger partial charge in [-0.25, -0.2) is 0 Å². The topological polar surface area (TPSA) is 49.4 Å². The lowest BCUT2D eigenvalue weighted by Gasteiger charge is -2.29. The molecule has 0 radical (unpaired) electrons. The molecule has 2 heterocycles. The van der Waals surface area contributed by atoms with Gasteiger partial charge in [-0.1, -0.05) is 23.7 Å². The summed E-state index contributed by atoms with van der Waals surface area (Å²) in [6.45, 7) is 0. The Labute approximate surface area is 141 Å². The van der Waals surface area contributed by atoms with Crippen LogP contribution in [0.15, 0.2) is 46.7 Å². The highest BCUT2D eigenvalue weighted by Crippen LogP contribution is 2.28. The monoisotopic (exact) mass is 348 g/mol. The van der Waals surface area contributed by atoms with Gasteiger partial charge in [-0.3, -0.25) is 19.8 Å². The van der Waals surface area contributed by atoms with E-state index in [2.05, 4.69) is 5.32 Å². The van der Waals surface area contributed by atoms with E-state index in [1.165, 1.54) is 16.2 Å². The second kappa shape index (κ2) is 6.00. The summed E-state index contributed by atoms with van der Waals surface area (Å²) in [5.74, 6) is -1.00. The second-order valence-corrected chi connectivity index (χ2v) is 6.04. The minimum Gasteiger partial charge on any atom is -0.298 e. The van der Waals surface area contributed by atoms with Crippen LogP contribution in [0.2, 0.25) is 5.02 Å². The summed E-state index contributed by atoms with van der Waals surface area (Å²) < 4.78 is 0. The molecule has 2 aromatic rings. The number of para-hydroxylation sites is 1. The van der Waals surface area contributed by atoms with Crippen molar-refractivity contribution in [2.45, 2.75) is 0 Å². The third-order valence-electron chi connectivity index (χ3n) is 3.05. The maximum absolute atomic E-state index is 12.7. The zero-order chi connectivity index (χ0) is 15.7. The average Bonchev–Trinajstić information content (AvgIpc) is 2.98. The van der Waals surface area contributed by atoms with Gasteiger partial charge in [-0.15, -0.1) is 0 Å². The first kappa shape index (κ1) is 14.9. The number of hydrogen-bond donors (Lipinski definition) is 1. The molecule has 1 fully saturated rings. The fourth-order valence-corrected chi connectivity index (χ4v) is 3.15. The van der Waals surface area contributed by atoms with E-state index in [9.17, 15) is 9.59 Å². The molecule has 0 saturated carbocycles. The number of amides is 2. The van der Waals surface area contributed by atoms with Crippen LogP contribution in [0.1, 0.15) is 5.56 Å². The van der Waals surface area contributed by atoms with E-state index in [4.69, 9.17) is 23.8 Å². The summed E-state index contributed by atoms with van der Waals surface area (Å²) >= 11 is 12.7. The average molecular weight is 349 g/mol. The van der Waals surface area contributed by atoms with Crippen molar-refractivity contribution in [3.05, 3.63) is 57.3 Å². The molecule has 110 valence electrons. The Morgan fingerprint density at radius 1 is 1.23 bits per heavy atom. The number of nitrogens with one attached hydrogen (secondary N) is 1. The molecular weight excluding hydrogens is 340 g/mol. The highest BCUT2D eigenvalue weighted by atomic mass is 35.5. The van der Waals surface area contributed by atoms with Gasteiger partial charge in [-0.2, -0.15) is 11.3 Å². The molecule has 1 saturated heterocycles. The van der Waals surface area contributed by atoms with Crippen LogP contribution >= 0.6 is 35.2 Å². The number of rotatable bonds is 2. The number of halogens is 1. The van der Waals surface area contributed by atoms with Gasteiger partial charge in [-0.05, 0) is 52.8 Å². The number of thiophene rings is 1. The molecular formula is C15H9ClN2O2S2. The van der Waals surface area contributed by atoms with Gasteiger partial charge in [0.2, 0.25) is 0 Å². The third-order valence-corrected chi connectivity index (χ3v) is 4.35. The first-order chi connectivity index (χ1) is 10.6. The highest BCUT2D eigenvalue weighted by molar-refractivity contribution is 7.80. The number of carbonyl (C=O) groups is 2. The predicted molar refractivity (Wildman–Crippen MR) is 92.0 cm³/mol. The molecule has 0 unspecified atom stereocenters. The highest BCUT2D eigenvalue weighted by Gasteiger charge is 2.35. The minimum absolute atomic E-state index is 0.0190. The molecule has 0 bridgehead atoms. The summed E-state index contributed by atoms with van der Waals surface area (Å²) in [7, 11) is 0. The standard InChI is InChI=1S/C15H9ClN2O2S2/c16-11-3-1-2-4-12(11)18-14(20)10(13(19)17-15(18)21)7-9-5-6-22-8-9/h1-8H,(H,17,19,21)/b10-7+. The summed E-state index contributed by atoms with van der Waals surface area (Å²) in [5, 5.41) is 6.64. The quantitative estimate of drug-likeness (QED) is 0.515. The Morgan fingerprint density at radius 3 is 2.68 bits per heavy atom. The smallest absolute Gasteiger partial charge is 0.270 e. The normalized spacial score (nSPS) is 17.0. The van der Waals surface area contributed by atoms with Gasteiger partial charge >= 0.3 is 0 Å². The third kappa shape index (κ3) is 2.68. The van der Waals surface area contributed by atoms with Crippen LogP contribution in [0.25, 0.3) is 6.08 Å². The molecule has 0 aliphatic carbocycles. The van der Waals surface area contributed by atoms with E-state index in [-0.39, 0.29) is 10.7 Å². The maximum atomic E-state index is 12.7. The lowest BCUT2D eigenvalue weighted by atomic mass is 10.1. The van der Waals surface area contributed by atoms with Gasteiger partial charge in [0.1, 0.15) is 5.57 Å². The minimum atomic E-state index is -0.510. The summed E-state index contributed by atoms with van der Waals surface area (Å²) in [4.78, 5) is 26.0. The predicted octanol–water partition coefficient (Wildman–Crippen LogP) is 3.23. The van der Waals surface area contributed by atoms with Crippen molar-refractivity contribution < 1.29 is 9.59 Å². The van der Waals surface area contributed by atoms with Crippen molar-refractivity contribution in [1.82, 2.24) is 5.32 Å². The Morgan fingerprint density at radius 2 is 2.00 bits per heavy atom. The van der Waals surface area contributed by atoms with Crippen molar-refractivity contribution in [2.75, 3.05) is 4.90 Å². The Kier molecular flexibility index (Phi) is 4.06. The van der Waals surface area contributed by atoms with Gasteiger partial charge in [0.15, 0.2) is 5.11 Å². The molecule has 3 rings (SSSR count). The number of carbonyl (C=O) groups excluding carboxylic acids is 2. The van der Waals surface area contributed by atoms with Crippen LogP contribution in [0.4, 0.5) is 5.69 Å². The van der Waals surface area contributed by atoms with Crippen LogP contribution in [0, 0.1) is 0 Å². The molecule has 0 atom stereocenters. The van der Waals surface area contributed by atoms with Crippen molar-refractivity contribution in [1.29, 1.82) is 0 Å². The van der Waals surface area contributed by atoms with Gasteiger partial charge in [0.05, 0.1) is 10.7 Å². The fraction of sp³-hybridized carbons (Fsp3) is 0. The van der Waals surface area contributed by atoms with E-state index < -0.39 is 11.8 Å². The zero-order valence-corrected chi connectivity index (χ0v) is 13.5. The summed E-state index contributed by atoms with van der Waals surface area (Å²) in [6, 6.07) is 8.66. The largest absolute Gasteiger partial charge is 0.298 e. The summed E-state index contributed by atoms with van der Waals surface area (Å²) in [5.41, 5.74) is 1.25. The molecule has 1 aromatic carbocycles. The van der Waals surface area contributed by atoms with E-state index in [0.717, 1.165) is 5.56 Å². The first-order valence-electron chi connectivity index (χ1n) is 6.26. The van der Waals surface area contributed by atoms with Crippen LogP contribution in [0.5, 0.6) is 0 Å².